The molecule has 3 heteroatoms. The van der Waals surface area contributed by atoms with Gasteiger partial charge in [-0.1, -0.05) is 32.9 Å². The lowest BCUT2D eigenvalue weighted by atomic mass is 10.1. The van der Waals surface area contributed by atoms with E-state index in [1.807, 2.05) is 52.1 Å². The fraction of sp³-hybridized carbons (Fsp3) is 0.438. The highest BCUT2D eigenvalue weighted by Crippen LogP contribution is 2.17. The molecule has 1 heterocycles. The summed E-state index contributed by atoms with van der Waals surface area (Å²) < 4.78 is 0. The highest BCUT2D eigenvalue weighted by atomic mass is 14.9. The number of nitrogens with zero attached hydrogens (tertiary/aromatic N) is 3. The second-order valence-electron chi connectivity index (χ2n) is 3.55. The van der Waals surface area contributed by atoms with Crippen molar-refractivity contribution in [3.63, 3.8) is 0 Å². The molecule has 19 heavy (non-hydrogen) atoms. The molecule has 0 saturated carbocycles. The number of hydrogen-bond acceptors (Lipinski definition) is 3. The SMILES string of the molecule is C/C=C(C=NCCC)\C(=C/C)c1ncccn1.CC. The largest absolute Gasteiger partial charge is 0.293 e. The lowest BCUT2D eigenvalue weighted by Gasteiger charge is -2.05. The van der Waals surface area contributed by atoms with Crippen LogP contribution in [0.4, 0.5) is 0 Å². The Morgan fingerprint density at radius 1 is 1.16 bits per heavy atom. The summed E-state index contributed by atoms with van der Waals surface area (Å²) in [6.45, 7) is 11.0. The van der Waals surface area contributed by atoms with E-state index < -0.39 is 0 Å². The summed E-state index contributed by atoms with van der Waals surface area (Å²) in [6.07, 6.45) is 10.5. The van der Waals surface area contributed by atoms with E-state index in [0.717, 1.165) is 29.9 Å². The molecule has 0 bridgehead atoms. The molecule has 0 fully saturated rings. The number of aliphatic imine (C=N–C) groups is 1. The zero-order chi connectivity index (χ0) is 14.5. The molecule has 0 N–H and O–H groups in total. The van der Waals surface area contributed by atoms with Gasteiger partial charge in [-0.15, -0.1) is 0 Å². The van der Waals surface area contributed by atoms with Crippen LogP contribution in [0.5, 0.6) is 0 Å². The Balaban J connectivity index is 0.00000154. The molecule has 0 unspecified atom stereocenters. The van der Waals surface area contributed by atoms with Crippen molar-refractivity contribution in [2.75, 3.05) is 6.54 Å². The van der Waals surface area contributed by atoms with Crippen LogP contribution in [0.2, 0.25) is 0 Å². The maximum atomic E-state index is 4.37. The normalized spacial score (nSPS) is 12.3. The molecule has 0 aliphatic heterocycles. The molecule has 0 radical (unpaired) electrons. The van der Waals surface area contributed by atoms with Gasteiger partial charge in [-0.2, -0.15) is 0 Å². The van der Waals surface area contributed by atoms with Crippen LogP contribution in [0, 0.1) is 0 Å². The first-order valence-corrected chi connectivity index (χ1v) is 6.93. The van der Waals surface area contributed by atoms with Gasteiger partial charge in [0, 0.05) is 30.7 Å². The fourth-order valence-corrected chi connectivity index (χ4v) is 1.45. The smallest absolute Gasteiger partial charge is 0.159 e. The van der Waals surface area contributed by atoms with Crippen LogP contribution in [0.3, 0.4) is 0 Å². The monoisotopic (exact) mass is 259 g/mol. The predicted molar refractivity (Wildman–Crippen MR) is 84.4 cm³/mol. The Labute approximate surface area is 117 Å². The van der Waals surface area contributed by atoms with Crippen LogP contribution in [-0.2, 0) is 0 Å². The summed E-state index contributed by atoms with van der Waals surface area (Å²) in [6, 6.07) is 1.82. The number of rotatable bonds is 5. The van der Waals surface area contributed by atoms with Gasteiger partial charge in [-0.3, -0.25) is 4.99 Å². The first-order chi connectivity index (χ1) is 9.33. The number of aromatic nitrogens is 2. The molecule has 0 aliphatic rings. The van der Waals surface area contributed by atoms with Crippen molar-refractivity contribution in [1.82, 2.24) is 9.97 Å². The van der Waals surface area contributed by atoms with Gasteiger partial charge in [0.15, 0.2) is 5.82 Å². The molecule has 0 saturated heterocycles. The van der Waals surface area contributed by atoms with E-state index in [-0.39, 0.29) is 0 Å². The van der Waals surface area contributed by atoms with Crippen molar-refractivity contribution in [2.24, 2.45) is 4.99 Å². The van der Waals surface area contributed by atoms with Crippen molar-refractivity contribution in [2.45, 2.75) is 41.0 Å². The molecule has 0 aromatic carbocycles. The van der Waals surface area contributed by atoms with Crippen molar-refractivity contribution >= 4 is 11.8 Å². The maximum absolute atomic E-state index is 4.37. The van der Waals surface area contributed by atoms with Crippen molar-refractivity contribution < 1.29 is 0 Å². The van der Waals surface area contributed by atoms with Crippen LogP contribution in [0.15, 0.2) is 41.2 Å². The van der Waals surface area contributed by atoms with Gasteiger partial charge in [0.2, 0.25) is 0 Å². The van der Waals surface area contributed by atoms with Crippen molar-refractivity contribution in [3.8, 4) is 0 Å². The lowest BCUT2D eigenvalue weighted by molar-refractivity contribution is 0.937. The third kappa shape index (κ3) is 6.09. The molecule has 3 nitrogen and oxygen atoms in total. The Kier molecular flexibility index (Phi) is 10.3. The maximum Gasteiger partial charge on any atom is 0.159 e. The molecule has 1 aromatic rings. The van der Waals surface area contributed by atoms with Crippen LogP contribution in [0.25, 0.3) is 5.57 Å². The zero-order valence-electron chi connectivity index (χ0n) is 12.7. The second kappa shape index (κ2) is 11.3. The quantitative estimate of drug-likeness (QED) is 0.583. The van der Waals surface area contributed by atoms with Gasteiger partial charge in [-0.25, -0.2) is 9.97 Å². The van der Waals surface area contributed by atoms with Gasteiger partial charge in [0.1, 0.15) is 0 Å². The first kappa shape index (κ1) is 17.2. The topological polar surface area (TPSA) is 38.1 Å². The van der Waals surface area contributed by atoms with Gasteiger partial charge >= 0.3 is 0 Å². The van der Waals surface area contributed by atoms with E-state index in [9.17, 15) is 0 Å². The highest BCUT2D eigenvalue weighted by molar-refractivity contribution is 5.99. The molecule has 0 aliphatic carbocycles. The molecular weight excluding hydrogens is 234 g/mol. The van der Waals surface area contributed by atoms with Gasteiger partial charge in [0.25, 0.3) is 0 Å². The van der Waals surface area contributed by atoms with E-state index in [1.54, 1.807) is 12.4 Å². The van der Waals surface area contributed by atoms with Crippen molar-refractivity contribution in [1.29, 1.82) is 0 Å². The fourth-order valence-electron chi connectivity index (χ4n) is 1.45. The minimum atomic E-state index is 0.742. The standard InChI is InChI=1S/C14H19N3.C2H6/c1-4-8-15-11-12(5-2)13(6-3)14-16-9-7-10-17-14;1-2/h5-7,9-11H,4,8H2,1-3H3;1-2H3/b12-5-,13-6+,15-11?;. The molecule has 104 valence electrons. The Hall–Kier alpha value is -1.77. The second-order valence-corrected chi connectivity index (χ2v) is 3.55. The molecule has 0 amide bonds. The first-order valence-electron chi connectivity index (χ1n) is 6.93. The Morgan fingerprint density at radius 2 is 1.79 bits per heavy atom. The van der Waals surface area contributed by atoms with E-state index in [0.29, 0.717) is 0 Å². The Morgan fingerprint density at radius 3 is 2.26 bits per heavy atom. The van der Waals surface area contributed by atoms with Crippen LogP contribution in [0.1, 0.15) is 46.9 Å². The van der Waals surface area contributed by atoms with Crippen molar-refractivity contribution in [3.05, 3.63) is 42.0 Å². The average Bonchev–Trinajstić information content (AvgIpc) is 2.49. The zero-order valence-corrected chi connectivity index (χ0v) is 12.7. The predicted octanol–water partition coefficient (Wildman–Crippen LogP) is 4.33. The minimum Gasteiger partial charge on any atom is -0.293 e. The summed E-state index contributed by atoms with van der Waals surface area (Å²) in [5.41, 5.74) is 2.08. The summed E-state index contributed by atoms with van der Waals surface area (Å²) in [7, 11) is 0. The molecule has 0 spiro atoms. The number of hydrogen-bond donors (Lipinski definition) is 0. The summed E-state index contributed by atoms with van der Waals surface area (Å²) in [4.78, 5) is 12.9. The lowest BCUT2D eigenvalue weighted by Crippen LogP contribution is -1.97. The van der Waals surface area contributed by atoms with E-state index in [2.05, 4.69) is 21.9 Å². The van der Waals surface area contributed by atoms with Gasteiger partial charge in [0.05, 0.1) is 0 Å². The number of allylic oxidation sites excluding steroid dienone is 4. The van der Waals surface area contributed by atoms with Crippen LogP contribution >= 0.6 is 0 Å². The summed E-state index contributed by atoms with van der Waals surface area (Å²) in [5, 5.41) is 0. The molecular formula is C16H25N3. The summed E-state index contributed by atoms with van der Waals surface area (Å²) in [5.74, 6) is 0.742. The van der Waals surface area contributed by atoms with E-state index >= 15 is 0 Å². The highest BCUT2D eigenvalue weighted by Gasteiger charge is 2.06. The van der Waals surface area contributed by atoms with Gasteiger partial charge < -0.3 is 0 Å². The van der Waals surface area contributed by atoms with Crippen LogP contribution < -0.4 is 0 Å². The summed E-state index contributed by atoms with van der Waals surface area (Å²) >= 11 is 0. The Bertz CT molecular complexity index is 417. The molecule has 1 rings (SSSR count). The third-order valence-electron chi connectivity index (χ3n) is 2.30. The molecule has 0 atom stereocenters. The van der Waals surface area contributed by atoms with Crippen LogP contribution in [-0.4, -0.2) is 22.7 Å². The molecule has 1 aromatic heterocycles. The average molecular weight is 259 g/mol. The van der Waals surface area contributed by atoms with E-state index in [1.165, 1.54) is 0 Å². The van der Waals surface area contributed by atoms with Gasteiger partial charge in [-0.05, 0) is 31.9 Å². The van der Waals surface area contributed by atoms with E-state index in [4.69, 9.17) is 0 Å². The third-order valence-corrected chi connectivity index (χ3v) is 2.30. The minimum absolute atomic E-state index is 0.742.